The van der Waals surface area contributed by atoms with E-state index in [1.54, 1.807) is 30.3 Å². The predicted octanol–water partition coefficient (Wildman–Crippen LogP) is 3.61. The number of esters is 1. The first kappa shape index (κ1) is 22.5. The Labute approximate surface area is 190 Å². The second-order valence-corrected chi connectivity index (χ2v) is 9.46. The number of fused-ring (bicyclic) bond motifs is 1. The third kappa shape index (κ3) is 4.59. The number of nitrogens with zero attached hydrogens (tertiary/aromatic N) is 1. The highest BCUT2D eigenvalue weighted by atomic mass is 32.2. The summed E-state index contributed by atoms with van der Waals surface area (Å²) < 4.78 is 38.6. The van der Waals surface area contributed by atoms with Crippen LogP contribution in [0.4, 0.5) is 0 Å². The number of carbonyl (C=O) groups excluding carboxylic acids is 1. The van der Waals surface area contributed by atoms with E-state index >= 15 is 0 Å². The van der Waals surface area contributed by atoms with Crippen molar-refractivity contribution in [2.45, 2.75) is 24.9 Å². The highest BCUT2D eigenvalue weighted by molar-refractivity contribution is 7.89. The molecule has 0 atom stereocenters. The Balaban J connectivity index is 1.82. The van der Waals surface area contributed by atoms with E-state index in [1.165, 1.54) is 31.6 Å². The van der Waals surface area contributed by atoms with Crippen LogP contribution < -0.4 is 5.56 Å². The van der Waals surface area contributed by atoms with Crippen molar-refractivity contribution in [1.82, 2.24) is 9.29 Å². The Bertz CT molecular complexity index is 1470. The third-order valence-corrected chi connectivity index (χ3v) is 7.10. The zero-order valence-electron chi connectivity index (χ0n) is 18.1. The minimum atomic E-state index is -4.22. The van der Waals surface area contributed by atoms with Crippen LogP contribution in [0.1, 0.15) is 27.2 Å². The molecule has 0 fully saturated rings. The topological polar surface area (TPSA) is 110 Å². The zero-order chi connectivity index (χ0) is 23.6. The van der Waals surface area contributed by atoms with Crippen molar-refractivity contribution >= 4 is 26.9 Å². The molecule has 0 unspecified atom stereocenters. The Morgan fingerprint density at radius 3 is 2.58 bits per heavy atom. The summed E-state index contributed by atoms with van der Waals surface area (Å²) >= 11 is 0. The maximum absolute atomic E-state index is 13.7. The number of H-pyrrole nitrogens is 1. The van der Waals surface area contributed by atoms with Gasteiger partial charge in [0.2, 0.25) is 10.0 Å². The first-order chi connectivity index (χ1) is 15.8. The van der Waals surface area contributed by atoms with E-state index in [0.29, 0.717) is 11.3 Å². The second-order valence-electron chi connectivity index (χ2n) is 7.55. The number of hydrogen-bond donors (Lipinski definition) is 1. The molecule has 4 rings (SSSR count). The van der Waals surface area contributed by atoms with E-state index in [2.05, 4.69) is 4.98 Å². The number of furan rings is 1. The summed E-state index contributed by atoms with van der Waals surface area (Å²) in [7, 11) is -3.04. The van der Waals surface area contributed by atoms with Gasteiger partial charge in [0.05, 0.1) is 30.4 Å². The summed E-state index contributed by atoms with van der Waals surface area (Å²) in [4.78, 5) is 27.6. The van der Waals surface area contributed by atoms with Crippen molar-refractivity contribution in [3.8, 4) is 0 Å². The molecule has 0 amide bonds. The van der Waals surface area contributed by atoms with E-state index < -0.39 is 21.6 Å². The number of pyridine rings is 1. The van der Waals surface area contributed by atoms with Gasteiger partial charge in [-0.2, -0.15) is 4.31 Å². The van der Waals surface area contributed by atoms with Gasteiger partial charge >= 0.3 is 5.97 Å². The van der Waals surface area contributed by atoms with E-state index in [-0.39, 0.29) is 29.1 Å². The highest BCUT2D eigenvalue weighted by Crippen LogP contribution is 2.25. The number of aryl methyl sites for hydroxylation is 1. The van der Waals surface area contributed by atoms with Gasteiger partial charge in [-0.3, -0.25) is 4.79 Å². The van der Waals surface area contributed by atoms with Gasteiger partial charge in [0.15, 0.2) is 0 Å². The lowest BCUT2D eigenvalue weighted by Crippen LogP contribution is -2.33. The minimum Gasteiger partial charge on any atom is -0.468 e. The molecule has 2 heterocycles. The lowest BCUT2D eigenvalue weighted by molar-refractivity contribution is 0.0596. The van der Waals surface area contributed by atoms with Crippen LogP contribution in [0.5, 0.6) is 0 Å². The SMILES string of the molecule is COC(=O)c1ccccc1S(=O)(=O)N(Cc1ccco1)Cc1cc2cc(C)ccc2[nH]c1=O. The normalized spacial score (nSPS) is 11.7. The van der Waals surface area contributed by atoms with Gasteiger partial charge in [0, 0.05) is 17.6 Å². The quantitative estimate of drug-likeness (QED) is 0.417. The van der Waals surface area contributed by atoms with Gasteiger partial charge in [0.1, 0.15) is 5.76 Å². The average molecular weight is 467 g/mol. The zero-order valence-corrected chi connectivity index (χ0v) is 18.9. The van der Waals surface area contributed by atoms with Crippen LogP contribution in [0.2, 0.25) is 0 Å². The van der Waals surface area contributed by atoms with Crippen molar-refractivity contribution in [3.05, 3.63) is 99.7 Å². The molecule has 0 bridgehead atoms. The molecular weight excluding hydrogens is 444 g/mol. The average Bonchev–Trinajstić information content (AvgIpc) is 3.32. The molecule has 4 aromatic rings. The van der Waals surface area contributed by atoms with Crippen LogP contribution in [0.25, 0.3) is 10.9 Å². The number of rotatable bonds is 7. The molecule has 0 aliphatic rings. The van der Waals surface area contributed by atoms with Crippen molar-refractivity contribution in [2.75, 3.05) is 7.11 Å². The first-order valence-electron chi connectivity index (χ1n) is 10.1. The number of benzene rings is 2. The van der Waals surface area contributed by atoms with Crippen LogP contribution in [0.3, 0.4) is 0 Å². The number of ether oxygens (including phenoxy) is 1. The van der Waals surface area contributed by atoms with Crippen LogP contribution in [-0.4, -0.2) is 30.8 Å². The number of hydrogen-bond acceptors (Lipinski definition) is 6. The highest BCUT2D eigenvalue weighted by Gasteiger charge is 2.31. The largest absolute Gasteiger partial charge is 0.468 e. The van der Waals surface area contributed by atoms with Crippen LogP contribution in [-0.2, 0) is 27.8 Å². The Morgan fingerprint density at radius 1 is 1.06 bits per heavy atom. The van der Waals surface area contributed by atoms with E-state index in [0.717, 1.165) is 15.3 Å². The Morgan fingerprint density at radius 2 is 1.85 bits per heavy atom. The molecule has 8 nitrogen and oxygen atoms in total. The lowest BCUT2D eigenvalue weighted by atomic mass is 10.1. The van der Waals surface area contributed by atoms with Crippen LogP contribution in [0.15, 0.2) is 81.0 Å². The third-order valence-electron chi connectivity index (χ3n) is 5.25. The van der Waals surface area contributed by atoms with Crippen molar-refractivity contribution < 1.29 is 22.4 Å². The van der Waals surface area contributed by atoms with Gasteiger partial charge in [0.25, 0.3) is 5.56 Å². The number of aromatic amines is 1. The lowest BCUT2D eigenvalue weighted by Gasteiger charge is -2.22. The standard InChI is InChI=1S/C24H22N2O6S/c1-16-9-10-21-17(12-16)13-18(23(27)25-21)14-26(15-19-6-5-11-32-19)33(29,30)22-8-4-3-7-20(22)24(28)31-2/h3-13H,14-15H2,1-2H3,(H,25,27). The molecule has 2 aromatic carbocycles. The fourth-order valence-electron chi connectivity index (χ4n) is 3.59. The molecular formula is C24H22N2O6S. The molecule has 0 aliphatic heterocycles. The van der Waals surface area contributed by atoms with E-state index in [4.69, 9.17) is 9.15 Å². The molecule has 0 saturated heterocycles. The monoisotopic (exact) mass is 466 g/mol. The number of sulfonamides is 1. The maximum Gasteiger partial charge on any atom is 0.339 e. The molecule has 1 N–H and O–H groups in total. The first-order valence-corrected chi connectivity index (χ1v) is 11.6. The summed E-state index contributed by atoms with van der Waals surface area (Å²) in [5, 5.41) is 0.787. The number of methoxy groups -OCH3 is 1. The summed E-state index contributed by atoms with van der Waals surface area (Å²) in [6, 6.07) is 16.4. The number of carbonyl (C=O) groups is 1. The number of nitrogens with one attached hydrogen (secondary N) is 1. The smallest absolute Gasteiger partial charge is 0.339 e. The Hall–Kier alpha value is -3.69. The predicted molar refractivity (Wildman–Crippen MR) is 122 cm³/mol. The maximum atomic E-state index is 13.7. The van der Waals surface area contributed by atoms with Gasteiger partial charge in [-0.25, -0.2) is 13.2 Å². The van der Waals surface area contributed by atoms with Crippen molar-refractivity contribution in [1.29, 1.82) is 0 Å². The van der Waals surface area contributed by atoms with Gasteiger partial charge < -0.3 is 14.1 Å². The summed E-state index contributed by atoms with van der Waals surface area (Å²) in [5.74, 6) is -0.381. The van der Waals surface area contributed by atoms with Gasteiger partial charge in [-0.15, -0.1) is 0 Å². The van der Waals surface area contributed by atoms with E-state index in [9.17, 15) is 18.0 Å². The fraction of sp³-hybridized carbons (Fsp3) is 0.167. The summed E-state index contributed by atoms with van der Waals surface area (Å²) in [6.45, 7) is 1.58. The second kappa shape index (κ2) is 9.05. The minimum absolute atomic E-state index is 0.0903. The molecule has 170 valence electrons. The summed E-state index contributed by atoms with van der Waals surface area (Å²) in [5.41, 5.74) is 1.44. The summed E-state index contributed by atoms with van der Waals surface area (Å²) in [6.07, 6.45) is 1.44. The molecule has 2 aromatic heterocycles. The van der Waals surface area contributed by atoms with Crippen LogP contribution >= 0.6 is 0 Å². The molecule has 0 saturated carbocycles. The molecule has 0 spiro atoms. The fourth-order valence-corrected chi connectivity index (χ4v) is 5.15. The van der Waals surface area contributed by atoms with E-state index in [1.807, 2.05) is 19.1 Å². The van der Waals surface area contributed by atoms with Gasteiger partial charge in [-0.1, -0.05) is 23.8 Å². The molecule has 33 heavy (non-hydrogen) atoms. The van der Waals surface area contributed by atoms with Crippen molar-refractivity contribution in [2.24, 2.45) is 0 Å². The molecule has 0 aliphatic carbocycles. The number of aromatic nitrogens is 1. The Kier molecular flexibility index (Phi) is 6.17. The van der Waals surface area contributed by atoms with Crippen molar-refractivity contribution in [3.63, 3.8) is 0 Å². The van der Waals surface area contributed by atoms with Crippen LogP contribution in [0, 0.1) is 6.92 Å². The van der Waals surface area contributed by atoms with Gasteiger partial charge in [-0.05, 0) is 54.8 Å². The molecule has 9 heteroatoms. The molecule has 0 radical (unpaired) electrons.